The number of methoxy groups -OCH3 is 1. The van der Waals surface area contributed by atoms with Gasteiger partial charge in [0.15, 0.2) is 0 Å². The predicted molar refractivity (Wildman–Crippen MR) is 100 cm³/mol. The molecule has 0 aliphatic carbocycles. The molecular formula is C21H20N2O2. The minimum absolute atomic E-state index is 0.138. The molecule has 0 unspecified atom stereocenters. The molecule has 25 heavy (non-hydrogen) atoms. The molecule has 0 atom stereocenters. The van der Waals surface area contributed by atoms with E-state index < -0.39 is 0 Å². The highest BCUT2D eigenvalue weighted by Crippen LogP contribution is 2.31. The zero-order valence-electron chi connectivity index (χ0n) is 14.5. The fourth-order valence-corrected chi connectivity index (χ4v) is 2.71. The third-order valence-corrected chi connectivity index (χ3v) is 4.07. The Morgan fingerprint density at radius 1 is 1.04 bits per heavy atom. The molecule has 0 saturated heterocycles. The smallest absolute Gasteiger partial charge is 0.256 e. The standard InChI is InChI=1S/C21H20N2O2/c1-14-4-9-20(25-3)19(12-14)16-5-7-17(8-6-16)23-21(24)18-10-11-22-13-15(18)2/h4-13H,1-3H3,(H,23,24). The van der Waals surface area contributed by atoms with E-state index in [0.29, 0.717) is 5.56 Å². The van der Waals surface area contributed by atoms with E-state index in [1.807, 2.05) is 43.3 Å². The molecule has 3 aromatic rings. The highest BCUT2D eigenvalue weighted by molar-refractivity contribution is 6.05. The van der Waals surface area contributed by atoms with E-state index in [1.54, 1.807) is 25.6 Å². The summed E-state index contributed by atoms with van der Waals surface area (Å²) in [4.78, 5) is 16.4. The van der Waals surface area contributed by atoms with Gasteiger partial charge in [0, 0.05) is 29.2 Å². The Labute approximate surface area is 147 Å². The average Bonchev–Trinajstić information content (AvgIpc) is 2.62. The second-order valence-electron chi connectivity index (χ2n) is 5.93. The molecule has 126 valence electrons. The number of nitrogens with zero attached hydrogens (tertiary/aromatic N) is 1. The van der Waals surface area contributed by atoms with Gasteiger partial charge in [-0.05, 0) is 55.3 Å². The van der Waals surface area contributed by atoms with Crippen LogP contribution < -0.4 is 10.1 Å². The molecule has 4 heteroatoms. The van der Waals surface area contributed by atoms with Gasteiger partial charge in [-0.2, -0.15) is 0 Å². The molecule has 0 bridgehead atoms. The van der Waals surface area contributed by atoms with Crippen molar-refractivity contribution < 1.29 is 9.53 Å². The summed E-state index contributed by atoms with van der Waals surface area (Å²) in [5, 5.41) is 2.92. The van der Waals surface area contributed by atoms with Crippen molar-refractivity contribution in [3.63, 3.8) is 0 Å². The largest absolute Gasteiger partial charge is 0.496 e. The summed E-state index contributed by atoms with van der Waals surface area (Å²) in [5.41, 5.74) is 5.46. The minimum Gasteiger partial charge on any atom is -0.496 e. The van der Waals surface area contributed by atoms with Crippen molar-refractivity contribution in [3.05, 3.63) is 77.6 Å². The number of carbonyl (C=O) groups excluding carboxylic acids is 1. The Hall–Kier alpha value is -3.14. The third kappa shape index (κ3) is 3.69. The zero-order valence-corrected chi connectivity index (χ0v) is 14.5. The van der Waals surface area contributed by atoms with Gasteiger partial charge in [-0.3, -0.25) is 9.78 Å². The second-order valence-corrected chi connectivity index (χ2v) is 5.93. The maximum atomic E-state index is 12.4. The summed E-state index contributed by atoms with van der Waals surface area (Å²) >= 11 is 0. The first-order valence-corrected chi connectivity index (χ1v) is 8.05. The van der Waals surface area contributed by atoms with Gasteiger partial charge in [0.05, 0.1) is 7.11 Å². The van der Waals surface area contributed by atoms with Crippen molar-refractivity contribution in [2.75, 3.05) is 12.4 Å². The van der Waals surface area contributed by atoms with Gasteiger partial charge < -0.3 is 10.1 Å². The lowest BCUT2D eigenvalue weighted by Gasteiger charge is -2.11. The quantitative estimate of drug-likeness (QED) is 0.758. The van der Waals surface area contributed by atoms with E-state index >= 15 is 0 Å². The van der Waals surface area contributed by atoms with Gasteiger partial charge in [-0.1, -0.05) is 23.8 Å². The van der Waals surface area contributed by atoms with Crippen LogP contribution in [0.15, 0.2) is 60.9 Å². The number of anilines is 1. The Balaban J connectivity index is 1.83. The highest BCUT2D eigenvalue weighted by atomic mass is 16.5. The number of pyridine rings is 1. The van der Waals surface area contributed by atoms with Gasteiger partial charge in [-0.15, -0.1) is 0 Å². The minimum atomic E-state index is -0.138. The number of rotatable bonds is 4. The molecule has 2 aromatic carbocycles. The topological polar surface area (TPSA) is 51.2 Å². The third-order valence-electron chi connectivity index (χ3n) is 4.07. The molecule has 0 fully saturated rings. The molecule has 0 aliphatic heterocycles. The lowest BCUT2D eigenvalue weighted by molar-refractivity contribution is 0.102. The predicted octanol–water partition coefficient (Wildman–Crippen LogP) is 4.63. The maximum absolute atomic E-state index is 12.4. The average molecular weight is 332 g/mol. The first-order chi connectivity index (χ1) is 12.1. The number of nitrogens with one attached hydrogen (secondary N) is 1. The number of ether oxygens (including phenoxy) is 1. The number of aromatic nitrogens is 1. The van der Waals surface area contributed by atoms with E-state index in [9.17, 15) is 4.79 Å². The Morgan fingerprint density at radius 3 is 2.48 bits per heavy atom. The second kappa shape index (κ2) is 7.18. The van der Waals surface area contributed by atoms with Crippen LogP contribution in [-0.4, -0.2) is 18.0 Å². The molecule has 0 saturated carbocycles. The maximum Gasteiger partial charge on any atom is 0.256 e. The van der Waals surface area contributed by atoms with Crippen LogP contribution >= 0.6 is 0 Å². The summed E-state index contributed by atoms with van der Waals surface area (Å²) in [6.45, 7) is 3.92. The van der Waals surface area contributed by atoms with Gasteiger partial charge in [-0.25, -0.2) is 0 Å². The van der Waals surface area contributed by atoms with Crippen LogP contribution in [-0.2, 0) is 0 Å². The van der Waals surface area contributed by atoms with Crippen molar-refractivity contribution in [2.45, 2.75) is 13.8 Å². The molecule has 0 spiro atoms. The molecular weight excluding hydrogens is 312 g/mol. The normalized spacial score (nSPS) is 10.4. The molecule has 0 aliphatic rings. The lowest BCUT2D eigenvalue weighted by Crippen LogP contribution is -2.13. The van der Waals surface area contributed by atoms with Gasteiger partial charge in [0.2, 0.25) is 0 Å². The first kappa shape index (κ1) is 16.7. The molecule has 1 amide bonds. The van der Waals surface area contributed by atoms with Crippen molar-refractivity contribution in [1.29, 1.82) is 0 Å². The Morgan fingerprint density at radius 2 is 1.80 bits per heavy atom. The Bertz CT molecular complexity index is 902. The summed E-state index contributed by atoms with van der Waals surface area (Å²) in [5.74, 6) is 0.690. The van der Waals surface area contributed by atoms with Crippen molar-refractivity contribution in [3.8, 4) is 16.9 Å². The number of carbonyl (C=O) groups is 1. The van der Waals surface area contributed by atoms with E-state index in [-0.39, 0.29) is 5.91 Å². The molecule has 3 rings (SSSR count). The molecule has 1 aromatic heterocycles. The van der Waals surface area contributed by atoms with Crippen LogP contribution in [0.25, 0.3) is 11.1 Å². The fourth-order valence-electron chi connectivity index (χ4n) is 2.71. The summed E-state index contributed by atoms with van der Waals surface area (Å²) in [6, 6.07) is 15.5. The fraction of sp³-hybridized carbons (Fsp3) is 0.143. The van der Waals surface area contributed by atoms with Crippen molar-refractivity contribution in [1.82, 2.24) is 4.98 Å². The van der Waals surface area contributed by atoms with E-state index in [1.165, 1.54) is 5.56 Å². The number of aryl methyl sites for hydroxylation is 2. The number of hydrogen-bond acceptors (Lipinski definition) is 3. The van der Waals surface area contributed by atoms with Crippen LogP contribution in [0.3, 0.4) is 0 Å². The molecule has 4 nitrogen and oxygen atoms in total. The number of amides is 1. The lowest BCUT2D eigenvalue weighted by atomic mass is 10.0. The summed E-state index contributed by atoms with van der Waals surface area (Å²) in [7, 11) is 1.67. The monoisotopic (exact) mass is 332 g/mol. The molecule has 1 N–H and O–H groups in total. The van der Waals surface area contributed by atoms with Crippen LogP contribution in [0.1, 0.15) is 21.5 Å². The first-order valence-electron chi connectivity index (χ1n) is 8.05. The van der Waals surface area contributed by atoms with Crippen LogP contribution in [0, 0.1) is 13.8 Å². The number of hydrogen-bond donors (Lipinski definition) is 1. The van der Waals surface area contributed by atoms with E-state index in [0.717, 1.165) is 28.1 Å². The summed E-state index contributed by atoms with van der Waals surface area (Å²) in [6.07, 6.45) is 3.30. The van der Waals surface area contributed by atoms with Crippen LogP contribution in [0.4, 0.5) is 5.69 Å². The number of benzene rings is 2. The zero-order chi connectivity index (χ0) is 17.8. The van der Waals surface area contributed by atoms with Gasteiger partial charge >= 0.3 is 0 Å². The van der Waals surface area contributed by atoms with Gasteiger partial charge in [0.1, 0.15) is 5.75 Å². The van der Waals surface area contributed by atoms with Crippen molar-refractivity contribution in [2.24, 2.45) is 0 Å². The Kier molecular flexibility index (Phi) is 4.80. The van der Waals surface area contributed by atoms with Crippen LogP contribution in [0.2, 0.25) is 0 Å². The molecule has 1 heterocycles. The van der Waals surface area contributed by atoms with Gasteiger partial charge in [0.25, 0.3) is 5.91 Å². The van der Waals surface area contributed by atoms with E-state index in [2.05, 4.69) is 23.3 Å². The summed E-state index contributed by atoms with van der Waals surface area (Å²) < 4.78 is 5.44. The highest BCUT2D eigenvalue weighted by Gasteiger charge is 2.10. The SMILES string of the molecule is COc1ccc(C)cc1-c1ccc(NC(=O)c2ccncc2C)cc1. The van der Waals surface area contributed by atoms with Crippen molar-refractivity contribution >= 4 is 11.6 Å². The molecule has 0 radical (unpaired) electrons. The van der Waals surface area contributed by atoms with E-state index in [4.69, 9.17) is 4.74 Å². The van der Waals surface area contributed by atoms with Crippen LogP contribution in [0.5, 0.6) is 5.75 Å².